The van der Waals surface area contributed by atoms with Crippen LogP contribution in [0, 0.1) is 46.3 Å². The lowest BCUT2D eigenvalue weighted by atomic mass is 9.47. The van der Waals surface area contributed by atoms with Crippen LogP contribution in [0.5, 0.6) is 0 Å². The highest BCUT2D eigenvalue weighted by molar-refractivity contribution is 5.67. The maximum Gasteiger partial charge on any atom is 0.407 e. The standard InChI is InChI=1S/C36H63N3O3/c1-26(2)7-6-8-27(3)31-11-12-32-30-10-9-28-25-29(13-15-35(28,4)33(30)14-16-36(31,32)5)42-34(41)37-17-18-38-19-21-39(22-20-38)23-24-40/h9,26-27,29-33,40H,6-8,10-25H2,1-5H3,(H,37,41)/t27-,29?,30?,31-,32+,33+,35+,36?/m1/s1. The highest BCUT2D eigenvalue weighted by Gasteiger charge is 2.59. The maximum atomic E-state index is 12.7. The number of fused-ring (bicyclic) bond motifs is 5. The largest absolute Gasteiger partial charge is 0.446 e. The molecule has 0 spiro atoms. The van der Waals surface area contributed by atoms with E-state index in [2.05, 4.69) is 55.8 Å². The van der Waals surface area contributed by atoms with Crippen molar-refractivity contribution in [2.24, 2.45) is 46.3 Å². The summed E-state index contributed by atoms with van der Waals surface area (Å²) in [5.41, 5.74) is 2.42. The molecule has 5 rings (SSSR count). The van der Waals surface area contributed by atoms with Crippen molar-refractivity contribution in [2.75, 3.05) is 52.4 Å². The van der Waals surface area contributed by atoms with Gasteiger partial charge >= 0.3 is 6.09 Å². The van der Waals surface area contributed by atoms with Crippen LogP contribution in [-0.2, 0) is 4.74 Å². The van der Waals surface area contributed by atoms with Gasteiger partial charge in [-0.25, -0.2) is 4.79 Å². The third-order valence-electron chi connectivity index (χ3n) is 13.1. The second-order valence-corrected chi connectivity index (χ2v) is 15.9. The number of hydrogen-bond acceptors (Lipinski definition) is 5. The molecular weight excluding hydrogens is 522 g/mol. The van der Waals surface area contributed by atoms with Crippen LogP contribution in [0.4, 0.5) is 4.79 Å². The zero-order chi connectivity index (χ0) is 29.9. The molecule has 1 saturated heterocycles. The molecule has 3 unspecified atom stereocenters. The Labute approximate surface area is 257 Å². The van der Waals surface area contributed by atoms with Gasteiger partial charge in [0.05, 0.1) is 6.61 Å². The van der Waals surface area contributed by atoms with Crippen LogP contribution in [0.3, 0.4) is 0 Å². The Morgan fingerprint density at radius 1 is 1.00 bits per heavy atom. The first kappa shape index (κ1) is 32.3. The summed E-state index contributed by atoms with van der Waals surface area (Å²) in [6.45, 7) is 19.0. The third-order valence-corrected chi connectivity index (χ3v) is 13.1. The molecule has 0 bridgehead atoms. The first-order chi connectivity index (χ1) is 20.1. The Bertz CT molecular complexity index is 930. The molecule has 1 aliphatic heterocycles. The first-order valence-corrected chi connectivity index (χ1v) is 17.8. The van der Waals surface area contributed by atoms with Crippen LogP contribution in [-0.4, -0.2) is 79.5 Å². The van der Waals surface area contributed by atoms with Crippen molar-refractivity contribution in [3.05, 3.63) is 11.6 Å². The minimum Gasteiger partial charge on any atom is -0.446 e. The normalized spacial score (nSPS) is 37.9. The highest BCUT2D eigenvalue weighted by Crippen LogP contribution is 2.67. The van der Waals surface area contributed by atoms with E-state index < -0.39 is 0 Å². The average Bonchev–Trinajstić information content (AvgIpc) is 3.31. The SMILES string of the molecule is CC(C)CCC[C@@H](C)[C@H]1CC[C@H]2C3CC=C4CC(OC(=O)NCCN5CCN(CCO)CC5)CC[C@]4(C)[C@H]3CCC12C. The zero-order valence-electron chi connectivity index (χ0n) is 27.7. The first-order valence-electron chi connectivity index (χ1n) is 17.8. The van der Waals surface area contributed by atoms with Crippen LogP contribution < -0.4 is 5.32 Å². The predicted molar refractivity (Wildman–Crippen MR) is 171 cm³/mol. The summed E-state index contributed by atoms with van der Waals surface area (Å²) in [4.78, 5) is 17.4. The lowest BCUT2D eigenvalue weighted by Crippen LogP contribution is -2.51. The van der Waals surface area contributed by atoms with Crippen LogP contribution >= 0.6 is 0 Å². The number of amides is 1. The number of carbonyl (C=O) groups excluding carboxylic acids is 1. The summed E-state index contributed by atoms with van der Waals surface area (Å²) in [5, 5.41) is 12.2. The van der Waals surface area contributed by atoms with Crippen molar-refractivity contribution >= 4 is 6.09 Å². The maximum absolute atomic E-state index is 12.7. The summed E-state index contributed by atoms with van der Waals surface area (Å²) in [6.07, 6.45) is 16.6. The van der Waals surface area contributed by atoms with E-state index in [1.807, 2.05) is 0 Å². The monoisotopic (exact) mass is 585 g/mol. The number of β-amino-alcohol motifs (C(OH)–C–C–N with tert-alkyl or cyclic N) is 1. The number of allylic oxidation sites excluding steroid dienone is 1. The molecule has 8 atom stereocenters. The molecule has 42 heavy (non-hydrogen) atoms. The molecule has 5 aliphatic rings. The minimum absolute atomic E-state index is 0.0132. The second kappa shape index (κ2) is 13.9. The predicted octanol–water partition coefficient (Wildman–Crippen LogP) is 6.73. The van der Waals surface area contributed by atoms with Gasteiger partial charge in [-0.3, -0.25) is 9.80 Å². The number of aliphatic hydroxyl groups is 1. The number of hydrogen-bond donors (Lipinski definition) is 2. The summed E-state index contributed by atoms with van der Waals surface area (Å²) in [7, 11) is 0. The summed E-state index contributed by atoms with van der Waals surface area (Å²) >= 11 is 0. The van der Waals surface area contributed by atoms with Gasteiger partial charge in [-0.05, 0) is 91.3 Å². The van der Waals surface area contributed by atoms with Crippen molar-refractivity contribution in [1.82, 2.24) is 15.1 Å². The van der Waals surface area contributed by atoms with E-state index in [1.54, 1.807) is 5.57 Å². The highest BCUT2D eigenvalue weighted by atomic mass is 16.6. The van der Waals surface area contributed by atoms with Gasteiger partial charge in [-0.15, -0.1) is 0 Å². The fourth-order valence-corrected chi connectivity index (χ4v) is 10.6. The van der Waals surface area contributed by atoms with E-state index in [1.165, 1.54) is 51.4 Å². The van der Waals surface area contributed by atoms with Gasteiger partial charge in [-0.2, -0.15) is 0 Å². The van der Waals surface area contributed by atoms with Crippen molar-refractivity contribution in [1.29, 1.82) is 0 Å². The Kier molecular flexibility index (Phi) is 10.7. The van der Waals surface area contributed by atoms with Crippen LogP contribution in [0.2, 0.25) is 0 Å². The Hall–Kier alpha value is -1.11. The van der Waals surface area contributed by atoms with Gasteiger partial charge in [0.1, 0.15) is 6.10 Å². The zero-order valence-corrected chi connectivity index (χ0v) is 27.7. The molecule has 0 aromatic carbocycles. The summed E-state index contributed by atoms with van der Waals surface area (Å²) in [5.74, 6) is 5.14. The molecule has 0 aromatic heterocycles. The molecule has 0 aromatic rings. The van der Waals surface area contributed by atoms with Gasteiger partial charge in [0.15, 0.2) is 0 Å². The molecular formula is C36H63N3O3. The van der Waals surface area contributed by atoms with Crippen LogP contribution in [0.15, 0.2) is 11.6 Å². The molecule has 1 heterocycles. The quantitative estimate of drug-likeness (QED) is 0.263. The Morgan fingerprint density at radius 2 is 1.74 bits per heavy atom. The molecule has 6 nitrogen and oxygen atoms in total. The lowest BCUT2D eigenvalue weighted by molar-refractivity contribution is -0.0581. The number of carbonyl (C=O) groups is 1. The van der Waals surface area contributed by atoms with E-state index in [0.29, 0.717) is 17.4 Å². The van der Waals surface area contributed by atoms with Gasteiger partial charge < -0.3 is 15.2 Å². The van der Waals surface area contributed by atoms with E-state index in [0.717, 1.165) is 94.0 Å². The number of piperazine rings is 1. The van der Waals surface area contributed by atoms with E-state index in [9.17, 15) is 4.79 Å². The summed E-state index contributed by atoms with van der Waals surface area (Å²) in [6, 6.07) is 0. The van der Waals surface area contributed by atoms with Gasteiger partial charge in [-0.1, -0.05) is 65.5 Å². The number of nitrogens with one attached hydrogen (secondary N) is 1. The van der Waals surface area contributed by atoms with Gasteiger partial charge in [0.25, 0.3) is 0 Å². The molecule has 4 fully saturated rings. The fraction of sp³-hybridized carbons (Fsp3) is 0.917. The number of ether oxygens (including phenoxy) is 1. The Morgan fingerprint density at radius 3 is 2.45 bits per heavy atom. The number of nitrogens with zero attached hydrogens (tertiary/aromatic N) is 2. The van der Waals surface area contributed by atoms with Crippen molar-refractivity contribution in [3.63, 3.8) is 0 Å². The van der Waals surface area contributed by atoms with Crippen molar-refractivity contribution in [2.45, 2.75) is 111 Å². The minimum atomic E-state index is -0.246. The fourth-order valence-electron chi connectivity index (χ4n) is 10.6. The number of alkyl carbamates (subject to hydrolysis) is 1. The summed E-state index contributed by atoms with van der Waals surface area (Å²) < 4.78 is 5.99. The van der Waals surface area contributed by atoms with Crippen LogP contribution in [0.25, 0.3) is 0 Å². The lowest BCUT2D eigenvalue weighted by Gasteiger charge is -2.58. The Balaban J connectivity index is 1.10. The molecule has 2 N–H and O–H groups in total. The van der Waals surface area contributed by atoms with Crippen LogP contribution in [0.1, 0.15) is 105 Å². The van der Waals surface area contributed by atoms with E-state index in [4.69, 9.17) is 9.84 Å². The number of aliphatic hydroxyl groups excluding tert-OH is 1. The van der Waals surface area contributed by atoms with E-state index in [-0.39, 0.29) is 18.8 Å². The van der Waals surface area contributed by atoms with Crippen molar-refractivity contribution < 1.29 is 14.6 Å². The van der Waals surface area contributed by atoms with E-state index >= 15 is 0 Å². The average molecular weight is 586 g/mol. The van der Waals surface area contributed by atoms with Gasteiger partial charge in [0.2, 0.25) is 0 Å². The molecule has 0 radical (unpaired) electrons. The molecule has 4 aliphatic carbocycles. The second-order valence-electron chi connectivity index (χ2n) is 15.9. The molecule has 1 amide bonds. The molecule has 3 saturated carbocycles. The van der Waals surface area contributed by atoms with Gasteiger partial charge in [0, 0.05) is 52.2 Å². The molecule has 240 valence electrons. The third kappa shape index (κ3) is 6.91. The number of rotatable bonds is 11. The topological polar surface area (TPSA) is 65.0 Å². The van der Waals surface area contributed by atoms with Crippen molar-refractivity contribution in [3.8, 4) is 0 Å². The smallest absolute Gasteiger partial charge is 0.407 e. The molecule has 6 heteroatoms.